The van der Waals surface area contributed by atoms with Gasteiger partial charge in [-0.2, -0.15) is 0 Å². The van der Waals surface area contributed by atoms with Crippen LogP contribution in [0.15, 0.2) is 24.3 Å². The number of carbonyl (C=O) groups is 1. The Kier molecular flexibility index (Phi) is 8.36. The maximum atomic E-state index is 12.9. The molecule has 1 amide bonds. The molecule has 1 aromatic carbocycles. The highest BCUT2D eigenvalue weighted by Gasteiger charge is 2.38. The summed E-state index contributed by atoms with van der Waals surface area (Å²) in [6.45, 7) is 11.4. The van der Waals surface area contributed by atoms with Gasteiger partial charge in [-0.15, -0.1) is 0 Å². The number of nitrogens with one attached hydrogen (secondary N) is 2. The highest BCUT2D eigenvalue weighted by molar-refractivity contribution is 6.31. The highest BCUT2D eigenvalue weighted by Crippen LogP contribution is 2.25. The van der Waals surface area contributed by atoms with Gasteiger partial charge in [0.1, 0.15) is 0 Å². The zero-order chi connectivity index (χ0) is 20.8. The van der Waals surface area contributed by atoms with Crippen LogP contribution < -0.4 is 10.6 Å². The first-order valence-corrected chi connectivity index (χ1v) is 11.6. The van der Waals surface area contributed by atoms with E-state index >= 15 is 0 Å². The number of carbonyl (C=O) groups excluding carboxylic acids is 1. The summed E-state index contributed by atoms with van der Waals surface area (Å²) in [6.07, 6.45) is 4.48. The second-order valence-corrected chi connectivity index (χ2v) is 9.32. The van der Waals surface area contributed by atoms with Crippen molar-refractivity contribution in [2.24, 2.45) is 0 Å². The number of hydrogen-bond acceptors (Lipinski definition) is 4. The van der Waals surface area contributed by atoms with E-state index in [-0.39, 0.29) is 18.0 Å². The van der Waals surface area contributed by atoms with Gasteiger partial charge in [-0.1, -0.05) is 36.7 Å². The fourth-order valence-corrected chi connectivity index (χ4v) is 4.87. The summed E-state index contributed by atoms with van der Waals surface area (Å²) in [5, 5.41) is 7.75. The Bertz CT molecular complexity index is 660. The minimum Gasteiger partial charge on any atom is -0.353 e. The number of hydrogen-bond donors (Lipinski definition) is 2. The molecule has 6 heteroatoms. The Balaban J connectivity index is 1.61. The summed E-state index contributed by atoms with van der Waals surface area (Å²) >= 11 is 6.40. The molecule has 1 aromatic rings. The molecule has 162 valence electrons. The average molecular weight is 421 g/mol. The molecule has 0 radical (unpaired) electrons. The first-order chi connectivity index (χ1) is 14.0. The second-order valence-electron chi connectivity index (χ2n) is 8.92. The van der Waals surface area contributed by atoms with Gasteiger partial charge in [-0.3, -0.25) is 9.69 Å². The molecule has 2 atom stereocenters. The predicted octanol–water partition coefficient (Wildman–Crippen LogP) is 3.27. The molecule has 2 aliphatic rings. The van der Waals surface area contributed by atoms with Crippen molar-refractivity contribution in [2.75, 3.05) is 26.2 Å². The zero-order valence-corrected chi connectivity index (χ0v) is 18.9. The van der Waals surface area contributed by atoms with E-state index in [0.717, 1.165) is 23.6 Å². The first kappa shape index (κ1) is 22.5. The fourth-order valence-electron chi connectivity index (χ4n) is 4.67. The first-order valence-electron chi connectivity index (χ1n) is 11.2. The fraction of sp³-hybridized carbons (Fsp3) is 0.696. The van der Waals surface area contributed by atoms with Crippen molar-refractivity contribution in [3.63, 3.8) is 0 Å². The summed E-state index contributed by atoms with van der Waals surface area (Å²) < 4.78 is 0. The molecule has 2 fully saturated rings. The summed E-state index contributed by atoms with van der Waals surface area (Å²) in [4.78, 5) is 17.7. The van der Waals surface area contributed by atoms with Crippen molar-refractivity contribution >= 4 is 17.5 Å². The summed E-state index contributed by atoms with van der Waals surface area (Å²) in [5.41, 5.74) is 1.09. The Labute approximate surface area is 181 Å². The van der Waals surface area contributed by atoms with Gasteiger partial charge in [0, 0.05) is 36.2 Å². The minimum absolute atomic E-state index is 0.105. The topological polar surface area (TPSA) is 47.6 Å². The Hall–Kier alpha value is -1.14. The van der Waals surface area contributed by atoms with E-state index in [4.69, 9.17) is 11.6 Å². The van der Waals surface area contributed by atoms with E-state index in [2.05, 4.69) is 33.4 Å². The van der Waals surface area contributed by atoms with Crippen LogP contribution in [0.3, 0.4) is 0 Å². The van der Waals surface area contributed by atoms with Gasteiger partial charge < -0.3 is 15.5 Å². The van der Waals surface area contributed by atoms with Gasteiger partial charge in [0.25, 0.3) is 0 Å². The van der Waals surface area contributed by atoms with Crippen molar-refractivity contribution in [3.05, 3.63) is 34.9 Å². The molecule has 0 spiro atoms. The van der Waals surface area contributed by atoms with Gasteiger partial charge in [-0.05, 0) is 70.8 Å². The summed E-state index contributed by atoms with van der Waals surface area (Å²) in [6, 6.07) is 8.91. The van der Waals surface area contributed by atoms with Crippen LogP contribution in [0.4, 0.5) is 0 Å². The van der Waals surface area contributed by atoms with Crippen molar-refractivity contribution in [2.45, 2.75) is 77.2 Å². The molecule has 29 heavy (non-hydrogen) atoms. The van der Waals surface area contributed by atoms with Gasteiger partial charge in [0.05, 0.1) is 6.04 Å². The molecule has 0 saturated carbocycles. The minimum atomic E-state index is -0.105. The molecule has 2 N–H and O–H groups in total. The zero-order valence-electron chi connectivity index (χ0n) is 18.2. The average Bonchev–Trinajstić information content (AvgIpc) is 3.07. The normalized spacial score (nSPS) is 24.3. The van der Waals surface area contributed by atoms with Gasteiger partial charge in [0.15, 0.2) is 0 Å². The lowest BCUT2D eigenvalue weighted by molar-refractivity contribution is -0.126. The summed E-state index contributed by atoms with van der Waals surface area (Å²) in [7, 11) is 0. The molecular weight excluding hydrogens is 384 g/mol. The lowest BCUT2D eigenvalue weighted by Gasteiger charge is -2.33. The molecule has 0 aromatic heterocycles. The van der Waals surface area contributed by atoms with Crippen molar-refractivity contribution in [1.82, 2.24) is 20.4 Å². The molecule has 0 unspecified atom stereocenters. The van der Waals surface area contributed by atoms with Crippen LogP contribution in [0.2, 0.25) is 5.02 Å². The SMILES string of the molecule is CCCN1CCC(N[C@@H]2C[C@@H](C(=O)NC(C)C)N(Cc3ccccc3Cl)C2)CC1. The Morgan fingerprint density at radius 2 is 1.93 bits per heavy atom. The number of halogens is 1. The molecule has 2 aliphatic heterocycles. The molecule has 5 nitrogen and oxygen atoms in total. The smallest absolute Gasteiger partial charge is 0.237 e. The van der Waals surface area contributed by atoms with Crippen LogP contribution in [-0.4, -0.2) is 66.1 Å². The van der Waals surface area contributed by atoms with Gasteiger partial charge in [-0.25, -0.2) is 0 Å². The van der Waals surface area contributed by atoms with Crippen LogP contribution in [0.25, 0.3) is 0 Å². The maximum absolute atomic E-state index is 12.9. The van der Waals surface area contributed by atoms with Crippen LogP contribution >= 0.6 is 11.6 Å². The standard InChI is InChI=1S/C23H37ClN4O/c1-4-11-27-12-9-19(10-13-27)26-20-14-22(23(29)25-17(2)3)28(16-20)15-18-7-5-6-8-21(18)24/h5-8,17,19-20,22,26H,4,9-16H2,1-3H3,(H,25,29)/t20-,22+/m1/s1. The van der Waals surface area contributed by atoms with Crippen molar-refractivity contribution < 1.29 is 4.79 Å². The van der Waals surface area contributed by atoms with Crippen LogP contribution in [-0.2, 0) is 11.3 Å². The number of nitrogens with zero attached hydrogens (tertiary/aromatic N) is 2. The van der Waals surface area contributed by atoms with E-state index < -0.39 is 0 Å². The summed E-state index contributed by atoms with van der Waals surface area (Å²) in [5.74, 6) is 0.133. The van der Waals surface area contributed by atoms with E-state index in [1.165, 1.54) is 38.9 Å². The lowest BCUT2D eigenvalue weighted by Crippen LogP contribution is -2.47. The molecule has 2 heterocycles. The molecular formula is C23H37ClN4O. The third kappa shape index (κ3) is 6.42. The second kappa shape index (κ2) is 10.8. The van der Waals surface area contributed by atoms with Gasteiger partial charge in [0.2, 0.25) is 5.91 Å². The molecule has 3 rings (SSSR count). The Morgan fingerprint density at radius 3 is 2.59 bits per heavy atom. The number of amides is 1. The van der Waals surface area contributed by atoms with Crippen molar-refractivity contribution in [1.29, 1.82) is 0 Å². The van der Waals surface area contributed by atoms with E-state index in [9.17, 15) is 4.79 Å². The van der Waals surface area contributed by atoms with E-state index in [0.29, 0.717) is 18.6 Å². The van der Waals surface area contributed by atoms with Crippen LogP contribution in [0.1, 0.15) is 52.0 Å². The number of rotatable bonds is 8. The monoisotopic (exact) mass is 420 g/mol. The van der Waals surface area contributed by atoms with E-state index in [1.807, 2.05) is 32.0 Å². The molecule has 0 aliphatic carbocycles. The van der Waals surface area contributed by atoms with Gasteiger partial charge >= 0.3 is 0 Å². The lowest BCUT2D eigenvalue weighted by atomic mass is 10.0. The van der Waals surface area contributed by atoms with Crippen LogP contribution in [0, 0.1) is 0 Å². The van der Waals surface area contributed by atoms with Crippen LogP contribution in [0.5, 0.6) is 0 Å². The largest absolute Gasteiger partial charge is 0.353 e. The van der Waals surface area contributed by atoms with Crippen molar-refractivity contribution in [3.8, 4) is 0 Å². The third-order valence-corrected chi connectivity index (χ3v) is 6.44. The highest BCUT2D eigenvalue weighted by atomic mass is 35.5. The molecule has 0 bridgehead atoms. The van der Waals surface area contributed by atoms with E-state index in [1.54, 1.807) is 0 Å². The maximum Gasteiger partial charge on any atom is 0.237 e. The predicted molar refractivity (Wildman–Crippen MR) is 120 cm³/mol. The number of benzene rings is 1. The number of piperidine rings is 1. The third-order valence-electron chi connectivity index (χ3n) is 6.07. The quantitative estimate of drug-likeness (QED) is 0.677. The molecule has 2 saturated heterocycles. The number of likely N-dealkylation sites (tertiary alicyclic amines) is 2. The Morgan fingerprint density at radius 1 is 1.21 bits per heavy atom.